The molecule has 0 bridgehead atoms. The van der Waals surface area contributed by atoms with Gasteiger partial charge < -0.3 is 15.2 Å². The number of anilines is 1. The molecule has 0 aliphatic carbocycles. The van der Waals surface area contributed by atoms with Crippen molar-refractivity contribution in [2.24, 2.45) is 11.8 Å². The Hall–Kier alpha value is -2.29. The summed E-state index contributed by atoms with van der Waals surface area (Å²) in [5.74, 6) is -2.73. The summed E-state index contributed by atoms with van der Waals surface area (Å²) in [5, 5.41) is 16.3. The van der Waals surface area contributed by atoms with Gasteiger partial charge in [0.2, 0.25) is 17.7 Å². The Morgan fingerprint density at radius 1 is 1.26 bits per heavy atom. The molecule has 3 amide bonds. The van der Waals surface area contributed by atoms with E-state index >= 15 is 0 Å². The van der Waals surface area contributed by atoms with Crippen LogP contribution in [0.3, 0.4) is 0 Å². The maximum atomic E-state index is 13.2. The summed E-state index contributed by atoms with van der Waals surface area (Å²) in [7, 11) is 1.56. The molecule has 1 aromatic rings. The van der Waals surface area contributed by atoms with E-state index in [1.165, 1.54) is 4.90 Å². The summed E-state index contributed by atoms with van der Waals surface area (Å²) in [5.41, 5.74) is -0.0720. The number of carbonyl (C=O) groups is 3. The molecule has 1 aromatic carbocycles. The summed E-state index contributed by atoms with van der Waals surface area (Å²) >= 11 is 0. The third-order valence-electron chi connectivity index (χ3n) is 5.90. The largest absolute Gasteiger partial charge is 0.392 e. The van der Waals surface area contributed by atoms with Crippen molar-refractivity contribution < 1.29 is 24.2 Å². The van der Waals surface area contributed by atoms with Gasteiger partial charge in [-0.25, -0.2) is 0 Å². The number of hydrogen-bond acceptors (Lipinski definition) is 6. The molecule has 8 nitrogen and oxygen atoms in total. The van der Waals surface area contributed by atoms with Crippen LogP contribution in [0.2, 0.25) is 0 Å². The van der Waals surface area contributed by atoms with Gasteiger partial charge in [-0.05, 0) is 19.4 Å². The van der Waals surface area contributed by atoms with Gasteiger partial charge in [0.15, 0.2) is 0 Å². The van der Waals surface area contributed by atoms with Crippen molar-refractivity contribution in [1.29, 1.82) is 0 Å². The second kappa shape index (κ2) is 6.40. The standard InChI is InChI=1S/C19H23N3O5/c1-10(23)15-13-14(17(25)22(16(13)24)8-5-9-27-2)19(21-15)11-6-3-4-7-12(11)20-18(19)26/h3-4,6-7,10,13-15,21,23H,5,8-9H2,1-2H3,(H,20,26)/t10-,13+,14+,15-,19+/m1/s1. The molecule has 2 fully saturated rings. The fourth-order valence-electron chi connectivity index (χ4n) is 4.75. The molecular formula is C19H23N3O5. The number of methoxy groups -OCH3 is 1. The molecule has 3 aliphatic heterocycles. The predicted octanol–water partition coefficient (Wildman–Crippen LogP) is -0.176. The van der Waals surface area contributed by atoms with E-state index in [-0.39, 0.29) is 24.3 Å². The van der Waals surface area contributed by atoms with E-state index < -0.39 is 29.5 Å². The van der Waals surface area contributed by atoms with E-state index in [0.29, 0.717) is 24.3 Å². The van der Waals surface area contributed by atoms with Crippen LogP contribution in [0.25, 0.3) is 0 Å². The van der Waals surface area contributed by atoms with Gasteiger partial charge in [0.25, 0.3) is 0 Å². The lowest BCUT2D eigenvalue weighted by Crippen LogP contribution is -2.54. The SMILES string of the molecule is COCCCN1C(=O)[C@@H]2[C@@H]([C@@H](C)O)N[C@]3(C(=O)Nc4ccccc43)[C@@H]2C1=O. The Balaban J connectivity index is 1.79. The minimum atomic E-state index is -1.34. The number of nitrogens with zero attached hydrogens (tertiary/aromatic N) is 1. The molecule has 1 spiro atoms. The molecule has 5 atom stereocenters. The van der Waals surface area contributed by atoms with Crippen molar-refractivity contribution in [1.82, 2.24) is 10.2 Å². The molecular weight excluding hydrogens is 350 g/mol. The monoisotopic (exact) mass is 373 g/mol. The smallest absolute Gasteiger partial charge is 0.250 e. The lowest BCUT2D eigenvalue weighted by atomic mass is 9.76. The zero-order chi connectivity index (χ0) is 19.3. The van der Waals surface area contributed by atoms with E-state index in [9.17, 15) is 19.5 Å². The van der Waals surface area contributed by atoms with Crippen molar-refractivity contribution in [3.05, 3.63) is 29.8 Å². The second-order valence-corrected chi connectivity index (χ2v) is 7.40. The first-order valence-electron chi connectivity index (χ1n) is 9.14. The van der Waals surface area contributed by atoms with Crippen LogP contribution in [-0.4, -0.2) is 60.1 Å². The summed E-state index contributed by atoms with van der Waals surface area (Å²) < 4.78 is 5.02. The molecule has 3 N–H and O–H groups in total. The van der Waals surface area contributed by atoms with Gasteiger partial charge in [0.05, 0.1) is 17.9 Å². The number of rotatable bonds is 5. The number of ether oxygens (including phenoxy) is 1. The van der Waals surface area contributed by atoms with Crippen LogP contribution in [0.1, 0.15) is 18.9 Å². The summed E-state index contributed by atoms with van der Waals surface area (Å²) in [6.07, 6.45) is -0.371. The highest BCUT2D eigenvalue weighted by molar-refractivity contribution is 6.15. The number of para-hydroxylation sites is 1. The number of hydrogen-bond donors (Lipinski definition) is 3. The van der Waals surface area contributed by atoms with Gasteiger partial charge >= 0.3 is 0 Å². The summed E-state index contributed by atoms with van der Waals surface area (Å²) in [4.78, 5) is 40.5. The lowest BCUT2D eigenvalue weighted by molar-refractivity contribution is -0.143. The predicted molar refractivity (Wildman–Crippen MR) is 95.5 cm³/mol. The number of benzene rings is 1. The molecule has 3 heterocycles. The quantitative estimate of drug-likeness (QED) is 0.488. The Morgan fingerprint density at radius 2 is 2.00 bits per heavy atom. The topological polar surface area (TPSA) is 108 Å². The van der Waals surface area contributed by atoms with E-state index in [4.69, 9.17) is 4.74 Å². The van der Waals surface area contributed by atoms with Crippen molar-refractivity contribution in [3.8, 4) is 0 Å². The third-order valence-corrected chi connectivity index (χ3v) is 5.90. The Labute approximate surface area is 156 Å². The fourth-order valence-corrected chi connectivity index (χ4v) is 4.75. The summed E-state index contributed by atoms with van der Waals surface area (Å²) in [6, 6.07) is 6.47. The third kappa shape index (κ3) is 2.37. The van der Waals surface area contributed by atoms with Gasteiger partial charge in [-0.3, -0.25) is 24.6 Å². The minimum Gasteiger partial charge on any atom is -0.392 e. The number of nitrogens with one attached hydrogen (secondary N) is 2. The summed E-state index contributed by atoms with van der Waals surface area (Å²) in [6.45, 7) is 2.24. The highest BCUT2D eigenvalue weighted by Gasteiger charge is 2.70. The average molecular weight is 373 g/mol. The molecule has 8 heteroatoms. The van der Waals surface area contributed by atoms with Crippen LogP contribution in [0.4, 0.5) is 5.69 Å². The number of carbonyl (C=O) groups excluding carboxylic acids is 3. The number of fused-ring (bicyclic) bond motifs is 4. The zero-order valence-corrected chi connectivity index (χ0v) is 15.3. The molecule has 27 heavy (non-hydrogen) atoms. The maximum Gasteiger partial charge on any atom is 0.250 e. The highest BCUT2D eigenvalue weighted by Crippen LogP contribution is 2.53. The fraction of sp³-hybridized carbons (Fsp3) is 0.526. The molecule has 0 saturated carbocycles. The number of aliphatic hydroxyl groups is 1. The molecule has 144 valence electrons. The number of imide groups is 1. The van der Waals surface area contributed by atoms with Crippen LogP contribution in [0.15, 0.2) is 24.3 Å². The zero-order valence-electron chi connectivity index (χ0n) is 15.3. The van der Waals surface area contributed by atoms with Crippen molar-refractivity contribution >= 4 is 23.4 Å². The van der Waals surface area contributed by atoms with Crippen LogP contribution in [-0.2, 0) is 24.7 Å². The Morgan fingerprint density at radius 3 is 2.70 bits per heavy atom. The van der Waals surface area contributed by atoms with Gasteiger partial charge in [0, 0.05) is 37.6 Å². The Bertz CT molecular complexity index is 810. The maximum absolute atomic E-state index is 13.2. The van der Waals surface area contributed by atoms with Crippen molar-refractivity contribution in [3.63, 3.8) is 0 Å². The van der Waals surface area contributed by atoms with Gasteiger partial charge in [0.1, 0.15) is 5.54 Å². The molecule has 2 saturated heterocycles. The van der Waals surface area contributed by atoms with E-state index in [1.54, 1.807) is 38.3 Å². The normalized spacial score (nSPS) is 32.8. The molecule has 0 unspecified atom stereocenters. The first-order chi connectivity index (χ1) is 12.9. The van der Waals surface area contributed by atoms with E-state index in [1.807, 2.05) is 0 Å². The number of aliphatic hydroxyl groups excluding tert-OH is 1. The van der Waals surface area contributed by atoms with E-state index in [0.717, 1.165) is 0 Å². The van der Waals surface area contributed by atoms with Gasteiger partial charge in [-0.15, -0.1) is 0 Å². The molecule has 3 aliphatic rings. The van der Waals surface area contributed by atoms with Gasteiger partial charge in [-0.1, -0.05) is 18.2 Å². The molecule has 0 radical (unpaired) electrons. The van der Waals surface area contributed by atoms with E-state index in [2.05, 4.69) is 10.6 Å². The van der Waals surface area contributed by atoms with Crippen molar-refractivity contribution in [2.75, 3.05) is 25.6 Å². The lowest BCUT2D eigenvalue weighted by Gasteiger charge is -2.30. The van der Waals surface area contributed by atoms with Crippen LogP contribution < -0.4 is 10.6 Å². The first kappa shape index (κ1) is 18.1. The first-order valence-corrected chi connectivity index (χ1v) is 9.14. The number of likely N-dealkylation sites (tertiary alicyclic amines) is 1. The van der Waals surface area contributed by atoms with Crippen molar-refractivity contribution in [2.45, 2.75) is 31.0 Å². The second-order valence-electron chi connectivity index (χ2n) is 7.40. The minimum absolute atomic E-state index is 0.240. The Kier molecular flexibility index (Phi) is 4.29. The number of amides is 3. The van der Waals surface area contributed by atoms with Crippen LogP contribution >= 0.6 is 0 Å². The van der Waals surface area contributed by atoms with Crippen LogP contribution in [0, 0.1) is 11.8 Å². The average Bonchev–Trinajstić information content (AvgIpc) is 3.22. The highest BCUT2D eigenvalue weighted by atomic mass is 16.5. The molecule has 0 aromatic heterocycles. The van der Waals surface area contributed by atoms with Crippen LogP contribution in [0.5, 0.6) is 0 Å². The van der Waals surface area contributed by atoms with Gasteiger partial charge in [-0.2, -0.15) is 0 Å². The molecule has 4 rings (SSSR count).